The molecule has 0 spiro atoms. The summed E-state index contributed by atoms with van der Waals surface area (Å²) in [5.74, 6) is 1.65. The summed E-state index contributed by atoms with van der Waals surface area (Å²) in [6.45, 7) is 1.62. The van der Waals surface area contributed by atoms with Crippen molar-refractivity contribution >= 4 is 0 Å². The molecule has 1 unspecified atom stereocenters. The highest BCUT2D eigenvalue weighted by atomic mass is 16.5. The predicted octanol–water partition coefficient (Wildman–Crippen LogP) is 2.54. The topological polar surface area (TPSA) is 102 Å². The number of aryl methyl sites for hydroxylation is 1. The number of methoxy groups -OCH3 is 1. The number of rotatable bonds is 5. The highest BCUT2D eigenvalue weighted by molar-refractivity contribution is 5.77. The number of aromatic nitrogens is 6. The van der Waals surface area contributed by atoms with Crippen molar-refractivity contribution in [3.63, 3.8) is 0 Å². The van der Waals surface area contributed by atoms with Crippen molar-refractivity contribution in [2.24, 2.45) is 7.05 Å². The average Bonchev–Trinajstić information content (AvgIpc) is 3.59. The molecule has 2 aliphatic heterocycles. The van der Waals surface area contributed by atoms with Gasteiger partial charge >= 0.3 is 0 Å². The Bertz CT molecular complexity index is 1280. The smallest absolute Gasteiger partial charge is 0.278 e. The van der Waals surface area contributed by atoms with Crippen LogP contribution in [0.15, 0.2) is 35.2 Å². The number of hydrogen-bond acceptors (Lipinski definition) is 8. The third-order valence-corrected chi connectivity index (χ3v) is 5.85. The van der Waals surface area contributed by atoms with Crippen molar-refractivity contribution in [3.05, 3.63) is 47.8 Å². The zero-order valence-electron chi connectivity index (χ0n) is 17.8. The number of hydrogen-bond donors (Lipinski definition) is 0. The van der Waals surface area contributed by atoms with E-state index >= 15 is 0 Å². The number of nitrogens with zero attached hydrogens (tertiary/aromatic N) is 6. The Morgan fingerprint density at radius 3 is 3.03 bits per heavy atom. The van der Waals surface area contributed by atoms with E-state index in [4.69, 9.17) is 23.8 Å². The summed E-state index contributed by atoms with van der Waals surface area (Å²) in [5, 5.41) is 8.80. The maximum Gasteiger partial charge on any atom is 0.278 e. The molecule has 1 atom stereocenters. The summed E-state index contributed by atoms with van der Waals surface area (Å²) in [6, 6.07) is 5.96. The predicted molar refractivity (Wildman–Crippen MR) is 112 cm³/mol. The lowest BCUT2D eigenvalue weighted by atomic mass is 10.0. The first-order valence-electron chi connectivity index (χ1n) is 10.5. The molecule has 0 amide bonds. The second kappa shape index (κ2) is 7.57. The molecule has 1 aromatic carbocycles. The number of ether oxygens (including phenoxy) is 3. The summed E-state index contributed by atoms with van der Waals surface area (Å²) in [6.07, 6.45) is 5.42. The van der Waals surface area contributed by atoms with E-state index in [0.29, 0.717) is 30.4 Å². The molecule has 6 rings (SSSR count). The van der Waals surface area contributed by atoms with Crippen LogP contribution in [0, 0.1) is 0 Å². The van der Waals surface area contributed by atoms with Crippen LogP contribution in [0.25, 0.3) is 28.5 Å². The number of imidazole rings is 1. The van der Waals surface area contributed by atoms with Crippen molar-refractivity contribution in [1.82, 2.24) is 29.5 Å². The Labute approximate surface area is 183 Å². The molecule has 0 aliphatic carbocycles. The lowest BCUT2D eigenvalue weighted by molar-refractivity contribution is 0.0276. The first kappa shape index (κ1) is 19.2. The van der Waals surface area contributed by atoms with Gasteiger partial charge in [-0.3, -0.25) is 4.68 Å². The fourth-order valence-corrected chi connectivity index (χ4v) is 4.29. The molecule has 5 heterocycles. The molecule has 10 heteroatoms. The molecule has 2 aliphatic rings. The molecule has 0 radical (unpaired) electrons. The standard InChI is InChI=1S/C22H22N6O4/c1-27-9-13-7-18-21(22-24-19(26-32-22)11-31-15-5-6-30-10-15)23-12-28(18)17-4-3-14(29-2)8-16(17)20(13)25-27/h3-4,8-9,12,15H,5-7,10-11H2,1-2H3. The molecule has 1 fully saturated rings. The van der Waals surface area contributed by atoms with Gasteiger partial charge in [-0.05, 0) is 24.6 Å². The Balaban J connectivity index is 1.39. The molecule has 0 saturated carbocycles. The van der Waals surface area contributed by atoms with Gasteiger partial charge in [0, 0.05) is 37.4 Å². The molecule has 4 aromatic rings. The van der Waals surface area contributed by atoms with E-state index in [2.05, 4.69) is 19.7 Å². The minimum atomic E-state index is 0.0818. The third kappa shape index (κ3) is 3.19. The molecule has 164 valence electrons. The van der Waals surface area contributed by atoms with E-state index in [1.54, 1.807) is 13.4 Å². The Hall–Kier alpha value is -3.50. The van der Waals surface area contributed by atoms with Gasteiger partial charge in [0.05, 0.1) is 36.9 Å². The van der Waals surface area contributed by atoms with Crippen LogP contribution in [0.1, 0.15) is 23.5 Å². The van der Waals surface area contributed by atoms with Gasteiger partial charge in [0.1, 0.15) is 18.7 Å². The normalized spacial score (nSPS) is 17.0. The Morgan fingerprint density at radius 1 is 1.25 bits per heavy atom. The van der Waals surface area contributed by atoms with Gasteiger partial charge in [0.25, 0.3) is 5.89 Å². The maximum absolute atomic E-state index is 5.81. The molecule has 1 saturated heterocycles. The highest BCUT2D eigenvalue weighted by Crippen LogP contribution is 2.38. The minimum absolute atomic E-state index is 0.0818. The van der Waals surface area contributed by atoms with E-state index < -0.39 is 0 Å². The summed E-state index contributed by atoms with van der Waals surface area (Å²) in [7, 11) is 3.58. The number of fused-ring (bicyclic) bond motifs is 5. The summed E-state index contributed by atoms with van der Waals surface area (Å²) in [5.41, 5.74) is 5.60. The quantitative estimate of drug-likeness (QED) is 0.416. The van der Waals surface area contributed by atoms with E-state index in [0.717, 1.165) is 47.0 Å². The largest absolute Gasteiger partial charge is 0.497 e. The Morgan fingerprint density at radius 2 is 2.19 bits per heavy atom. The summed E-state index contributed by atoms with van der Waals surface area (Å²) < 4.78 is 26.1. The zero-order valence-corrected chi connectivity index (χ0v) is 17.8. The lowest BCUT2D eigenvalue weighted by Gasteiger charge is -2.11. The van der Waals surface area contributed by atoms with E-state index in [1.807, 2.05) is 36.1 Å². The first-order valence-corrected chi connectivity index (χ1v) is 10.5. The van der Waals surface area contributed by atoms with Crippen molar-refractivity contribution in [2.75, 3.05) is 20.3 Å². The molecule has 3 aromatic heterocycles. The minimum Gasteiger partial charge on any atom is -0.497 e. The van der Waals surface area contributed by atoms with Gasteiger partial charge in [-0.25, -0.2) is 4.98 Å². The second-order valence-corrected chi connectivity index (χ2v) is 7.96. The average molecular weight is 434 g/mol. The Kier molecular flexibility index (Phi) is 4.54. The summed E-state index contributed by atoms with van der Waals surface area (Å²) >= 11 is 0. The fraction of sp³-hybridized carbons (Fsp3) is 0.364. The fourth-order valence-electron chi connectivity index (χ4n) is 4.29. The van der Waals surface area contributed by atoms with E-state index in [1.165, 1.54) is 0 Å². The van der Waals surface area contributed by atoms with Crippen LogP contribution < -0.4 is 4.74 Å². The molecular weight excluding hydrogens is 412 g/mol. The first-order chi connectivity index (χ1) is 15.7. The SMILES string of the molecule is COc1ccc2c(c1)-c1nn(C)cc1Cc1c(-c3nc(COC4CCOC4)no3)ncn1-2. The third-order valence-electron chi connectivity index (χ3n) is 5.85. The monoisotopic (exact) mass is 434 g/mol. The molecular formula is C22H22N6O4. The van der Waals surface area contributed by atoms with Crippen molar-refractivity contribution in [2.45, 2.75) is 25.6 Å². The van der Waals surface area contributed by atoms with Gasteiger partial charge in [0.2, 0.25) is 0 Å². The molecule has 0 bridgehead atoms. The van der Waals surface area contributed by atoms with Gasteiger partial charge in [-0.2, -0.15) is 10.1 Å². The summed E-state index contributed by atoms with van der Waals surface area (Å²) in [4.78, 5) is 9.17. The van der Waals surface area contributed by atoms with Crippen LogP contribution in [0.3, 0.4) is 0 Å². The maximum atomic E-state index is 5.81. The van der Waals surface area contributed by atoms with Gasteiger partial charge in [-0.15, -0.1) is 0 Å². The lowest BCUT2D eigenvalue weighted by Crippen LogP contribution is -2.12. The van der Waals surface area contributed by atoms with Crippen LogP contribution in [0.2, 0.25) is 0 Å². The van der Waals surface area contributed by atoms with Crippen LogP contribution in [0.4, 0.5) is 0 Å². The molecule has 10 nitrogen and oxygen atoms in total. The molecule has 0 N–H and O–H groups in total. The van der Waals surface area contributed by atoms with Crippen molar-refractivity contribution in [3.8, 4) is 34.3 Å². The second-order valence-electron chi connectivity index (χ2n) is 7.96. The van der Waals surface area contributed by atoms with Gasteiger partial charge in [-0.1, -0.05) is 5.16 Å². The van der Waals surface area contributed by atoms with Crippen LogP contribution in [-0.4, -0.2) is 55.9 Å². The van der Waals surface area contributed by atoms with E-state index in [9.17, 15) is 0 Å². The molecule has 32 heavy (non-hydrogen) atoms. The van der Waals surface area contributed by atoms with Crippen LogP contribution >= 0.6 is 0 Å². The highest BCUT2D eigenvalue weighted by Gasteiger charge is 2.27. The van der Waals surface area contributed by atoms with Crippen LogP contribution in [0.5, 0.6) is 5.75 Å². The van der Waals surface area contributed by atoms with Crippen LogP contribution in [-0.2, 0) is 29.5 Å². The number of benzene rings is 1. The van der Waals surface area contributed by atoms with Crippen molar-refractivity contribution < 1.29 is 18.7 Å². The van der Waals surface area contributed by atoms with E-state index in [-0.39, 0.29) is 12.7 Å². The van der Waals surface area contributed by atoms with Crippen molar-refractivity contribution in [1.29, 1.82) is 0 Å². The zero-order chi connectivity index (χ0) is 21.7. The van der Waals surface area contributed by atoms with Gasteiger partial charge < -0.3 is 23.3 Å². The van der Waals surface area contributed by atoms with Gasteiger partial charge in [0.15, 0.2) is 11.5 Å².